The maximum atomic E-state index is 12.2. The standard InChI is InChI=1S/C20H14Br2O4S.C8H6BrIO2.C4H2S.6C4H9.2Sn/c1-25-19(23)15-9-11(21)3-5-13(15)17-7-8-18(27-17)14-6-4-12(22)10-16(14)20(24)26-2;1-12-8(11)6-4-5(9)2-3-7(6)10;1-2-4-5-3-1;6*1-3-4-2;;/h3-10H,1-2H3;2-4H,1H3;1-2H;6*1,3-4H2,2H3;;. The molecule has 5 rings (SSSR count). The van der Waals surface area contributed by atoms with Crippen LogP contribution in [-0.2, 0) is 14.2 Å². The van der Waals surface area contributed by atoms with Gasteiger partial charge in [0.2, 0.25) is 0 Å². The van der Waals surface area contributed by atoms with Crippen LogP contribution in [0.25, 0.3) is 20.9 Å². The molecule has 0 aliphatic carbocycles. The summed E-state index contributed by atoms with van der Waals surface area (Å²) in [5.41, 5.74) is 3.09. The number of unbranched alkanes of at least 4 members (excludes halogenated alkanes) is 6. The van der Waals surface area contributed by atoms with E-state index in [1.807, 2.05) is 54.3 Å². The molecule has 0 amide bonds. The molecule has 384 valence electrons. The molecule has 0 saturated heterocycles. The van der Waals surface area contributed by atoms with E-state index in [9.17, 15) is 14.4 Å². The topological polar surface area (TPSA) is 78.9 Å². The molecule has 14 heteroatoms. The van der Waals surface area contributed by atoms with Gasteiger partial charge in [-0.1, -0.05) is 59.9 Å². The minimum absolute atomic E-state index is 0.305. The predicted octanol–water partition coefficient (Wildman–Crippen LogP) is 18.9. The van der Waals surface area contributed by atoms with E-state index >= 15 is 0 Å². The molecule has 0 unspecified atom stereocenters. The van der Waals surface area contributed by atoms with Gasteiger partial charge in [-0.05, 0) is 77.2 Å². The van der Waals surface area contributed by atoms with E-state index < -0.39 is 48.7 Å². The summed E-state index contributed by atoms with van der Waals surface area (Å²) in [6.45, 7) is 14.5. The first kappa shape index (κ1) is 63.5. The average Bonchev–Trinajstić information content (AvgIpc) is 4.09. The van der Waals surface area contributed by atoms with Gasteiger partial charge in [-0.15, -0.1) is 11.3 Å². The van der Waals surface area contributed by atoms with Crippen LogP contribution >= 0.6 is 93.1 Å². The zero-order chi connectivity index (χ0) is 51.7. The molecule has 70 heavy (non-hydrogen) atoms. The third-order valence-electron chi connectivity index (χ3n) is 12.9. The van der Waals surface area contributed by atoms with Crippen LogP contribution in [0, 0.1) is 3.57 Å². The summed E-state index contributed by atoms with van der Waals surface area (Å²) in [6.07, 6.45) is 17.3. The molecule has 0 fully saturated rings. The van der Waals surface area contributed by atoms with Gasteiger partial charge in [0.25, 0.3) is 0 Å². The number of halogens is 4. The first-order valence-electron chi connectivity index (χ1n) is 25.2. The fraction of sp³-hybridized carbons (Fsp3) is 0.482. The van der Waals surface area contributed by atoms with Crippen LogP contribution in [0.4, 0.5) is 0 Å². The number of methoxy groups -OCH3 is 3. The Morgan fingerprint density at radius 3 is 1.06 bits per heavy atom. The minimum atomic E-state index is -2.26. The second-order valence-electron chi connectivity index (χ2n) is 18.0. The molecule has 6 nitrogen and oxygen atoms in total. The summed E-state index contributed by atoms with van der Waals surface area (Å²) < 4.78 is 31.6. The van der Waals surface area contributed by atoms with Crippen molar-refractivity contribution in [2.24, 2.45) is 0 Å². The molecular formula is C56H76Br3IO6S2Sn2. The van der Waals surface area contributed by atoms with Crippen LogP contribution in [0.5, 0.6) is 0 Å². The number of rotatable bonds is 25. The molecule has 0 aliphatic rings. The number of carbonyl (C=O) groups excluding carboxylic acids is 3. The second kappa shape index (κ2) is 34.0. The fourth-order valence-electron chi connectivity index (χ4n) is 8.90. The van der Waals surface area contributed by atoms with Crippen molar-refractivity contribution in [3.63, 3.8) is 0 Å². The number of ether oxygens (including phenoxy) is 3. The Labute approximate surface area is 476 Å². The smallest absolute Gasteiger partial charge is 0.338 e. The Morgan fingerprint density at radius 1 is 0.443 bits per heavy atom. The van der Waals surface area contributed by atoms with Gasteiger partial charge in [-0.25, -0.2) is 14.4 Å². The fourth-order valence-corrected chi connectivity index (χ4v) is 53.4. The van der Waals surface area contributed by atoms with Gasteiger partial charge < -0.3 is 14.2 Å². The van der Waals surface area contributed by atoms with Gasteiger partial charge in [0, 0.05) is 37.9 Å². The van der Waals surface area contributed by atoms with Crippen molar-refractivity contribution >= 4 is 154 Å². The number of thiophene rings is 2. The average molecular weight is 1510 g/mol. The monoisotopic (exact) mass is 1510 g/mol. The van der Waals surface area contributed by atoms with Crippen LogP contribution in [0.1, 0.15) is 150 Å². The molecule has 5 aromatic rings. The van der Waals surface area contributed by atoms with E-state index in [-0.39, 0.29) is 5.97 Å². The van der Waals surface area contributed by atoms with E-state index in [0.717, 1.165) is 37.9 Å². The quantitative estimate of drug-likeness (QED) is 0.0251. The second-order valence-corrected chi connectivity index (χ2v) is 52.4. The van der Waals surface area contributed by atoms with Crippen LogP contribution in [0.3, 0.4) is 0 Å². The first-order chi connectivity index (χ1) is 33.7. The van der Waals surface area contributed by atoms with Crippen molar-refractivity contribution < 1.29 is 28.6 Å². The number of esters is 3. The molecule has 0 atom stereocenters. The minimum Gasteiger partial charge on any atom is -0.465 e. The van der Waals surface area contributed by atoms with Gasteiger partial charge in [-0.2, -0.15) is 0 Å². The Bertz CT molecular complexity index is 2220. The molecule has 3 aromatic carbocycles. The molecule has 0 radical (unpaired) electrons. The van der Waals surface area contributed by atoms with Crippen molar-refractivity contribution in [1.82, 2.24) is 0 Å². The molecule has 0 aliphatic heterocycles. The molecule has 0 N–H and O–H groups in total. The molecular weight excluding hydrogens is 1440 g/mol. The summed E-state index contributed by atoms with van der Waals surface area (Å²) in [4.78, 5) is 37.2. The van der Waals surface area contributed by atoms with Crippen LogP contribution < -0.4 is 5.79 Å². The van der Waals surface area contributed by atoms with Crippen molar-refractivity contribution in [2.45, 2.75) is 145 Å². The van der Waals surface area contributed by atoms with Gasteiger partial charge in [0.05, 0.1) is 38.0 Å². The van der Waals surface area contributed by atoms with E-state index in [2.05, 4.69) is 140 Å². The molecule has 2 heterocycles. The van der Waals surface area contributed by atoms with E-state index in [1.165, 1.54) is 110 Å². The zero-order valence-electron chi connectivity index (χ0n) is 43.0. The molecule has 2 aromatic heterocycles. The number of carbonyl (C=O) groups is 3. The van der Waals surface area contributed by atoms with E-state index in [0.29, 0.717) is 16.7 Å². The third kappa shape index (κ3) is 19.1. The number of hydrogen-bond acceptors (Lipinski definition) is 8. The van der Waals surface area contributed by atoms with Gasteiger partial charge in [0.1, 0.15) is 0 Å². The van der Waals surface area contributed by atoms with Crippen molar-refractivity contribution in [3.8, 4) is 20.9 Å². The molecule has 0 bridgehead atoms. The third-order valence-corrected chi connectivity index (χ3v) is 54.2. The largest absolute Gasteiger partial charge is 0.465 e. The predicted molar refractivity (Wildman–Crippen MR) is 325 cm³/mol. The maximum absolute atomic E-state index is 12.2. The molecule has 0 spiro atoms. The van der Waals surface area contributed by atoms with E-state index in [1.54, 1.807) is 44.8 Å². The Balaban J connectivity index is 0.000000302. The van der Waals surface area contributed by atoms with Crippen molar-refractivity contribution in [3.05, 3.63) is 113 Å². The van der Waals surface area contributed by atoms with Crippen LogP contribution in [-0.4, -0.2) is 76.0 Å². The van der Waals surface area contributed by atoms with Gasteiger partial charge in [-0.3, -0.25) is 0 Å². The summed E-state index contributed by atoms with van der Waals surface area (Å²) >= 11 is 11.6. The van der Waals surface area contributed by atoms with Gasteiger partial charge >= 0.3 is 229 Å². The zero-order valence-corrected chi connectivity index (χ0v) is 57.3. The van der Waals surface area contributed by atoms with Crippen molar-refractivity contribution in [1.29, 1.82) is 0 Å². The maximum Gasteiger partial charge on any atom is 0.338 e. The number of hydrogen-bond donors (Lipinski definition) is 0. The summed E-state index contributed by atoms with van der Waals surface area (Å²) in [5, 5.41) is 0. The van der Waals surface area contributed by atoms with E-state index in [4.69, 9.17) is 9.47 Å². The SMILES string of the molecule is CCC[CH2][Sn]([CH2]CCC)([CH2]CCC)[c]1cc[c]([Sn]([CH2]CCC)([CH2]CCC)[CH2]CCC)s1.COC(=O)c1cc(Br)ccc1-c1ccc(-c2ccc(Br)cc2C(=O)OC)s1.COC(=O)c1cc(Br)ccc1I. The summed E-state index contributed by atoms with van der Waals surface area (Å²) in [7, 11) is 4.09. The normalized spacial score (nSPS) is 11.3. The first-order valence-corrected chi connectivity index (χ1v) is 45.2. The van der Waals surface area contributed by atoms with Crippen molar-refractivity contribution in [2.75, 3.05) is 21.3 Å². The summed E-state index contributed by atoms with van der Waals surface area (Å²) in [6, 6.07) is 25.8. The van der Waals surface area contributed by atoms with Crippen LogP contribution in [0.2, 0.25) is 26.6 Å². The Kier molecular flexibility index (Phi) is 30.9. The number of benzene rings is 3. The Morgan fingerprint density at radius 2 is 0.743 bits per heavy atom. The van der Waals surface area contributed by atoms with Crippen LogP contribution in [0.15, 0.2) is 92.3 Å². The Hall–Kier alpha value is -0.763. The molecule has 0 saturated carbocycles. The van der Waals surface area contributed by atoms with Gasteiger partial charge in [0.15, 0.2) is 0 Å². The summed E-state index contributed by atoms with van der Waals surface area (Å²) in [5.74, 6) is -1.11.